The minimum absolute atomic E-state index is 0. The number of nitrogens with zero attached hydrogens (tertiary/aromatic N) is 1. The largest absolute Gasteiger partial charge is 1.00 e. The molecule has 1 fully saturated rings. The van der Waals surface area contributed by atoms with E-state index in [9.17, 15) is 14.7 Å². The lowest BCUT2D eigenvalue weighted by molar-refractivity contribution is -0.407. The molecule has 0 unspecified atom stereocenters. The maximum absolute atomic E-state index is 12.0. The zero-order chi connectivity index (χ0) is 16.1. The van der Waals surface area contributed by atoms with Crippen LogP contribution in [0.4, 0.5) is 4.79 Å². The Morgan fingerprint density at radius 3 is 2.61 bits per heavy atom. The number of benzene rings is 1. The number of hydrogen-bond acceptors (Lipinski definition) is 5. The number of likely N-dealkylation sites (tertiary alicyclic amines) is 1. The third-order valence-corrected chi connectivity index (χ3v) is 3.60. The van der Waals surface area contributed by atoms with E-state index >= 15 is 0 Å². The number of quaternary nitrogens is 1. The first kappa shape index (κ1) is 19.1. The number of methoxy groups -OCH3 is 1. The summed E-state index contributed by atoms with van der Waals surface area (Å²) in [7, 11) is 1.31. The van der Waals surface area contributed by atoms with Gasteiger partial charge in [-0.1, -0.05) is 6.07 Å². The molecule has 0 radical (unpaired) electrons. The van der Waals surface area contributed by atoms with Gasteiger partial charge in [0.05, 0.1) is 7.11 Å². The second-order valence-corrected chi connectivity index (χ2v) is 5.29. The molecule has 1 aliphatic rings. The van der Waals surface area contributed by atoms with Crippen molar-refractivity contribution in [3.8, 4) is 11.5 Å². The van der Waals surface area contributed by atoms with Crippen LogP contribution >= 0.6 is 0 Å². The van der Waals surface area contributed by atoms with E-state index in [0.717, 1.165) is 18.4 Å². The molecular formula is C15H21ClN2O5. The number of esters is 1. The van der Waals surface area contributed by atoms with Crippen molar-refractivity contribution in [3.63, 3.8) is 0 Å². The first-order valence-corrected chi connectivity index (χ1v) is 7.21. The minimum atomic E-state index is -0.559. The highest BCUT2D eigenvalue weighted by molar-refractivity contribution is 5.74. The predicted octanol–water partition coefficient (Wildman–Crippen LogP) is -2.68. The van der Waals surface area contributed by atoms with E-state index in [4.69, 9.17) is 4.74 Å². The van der Waals surface area contributed by atoms with Crippen molar-refractivity contribution in [1.82, 2.24) is 4.90 Å². The molecule has 1 amide bonds. The van der Waals surface area contributed by atoms with Crippen LogP contribution in [0.1, 0.15) is 18.4 Å². The van der Waals surface area contributed by atoms with E-state index in [1.807, 2.05) is 0 Å². The zero-order valence-corrected chi connectivity index (χ0v) is 13.7. The SMILES string of the molecule is COC(=O)[C@@H]([NH3+])Cc1ccc(O)c(OC(=O)N2CCCC2)c1.[Cl-]. The Balaban J connectivity index is 0.00000264. The van der Waals surface area contributed by atoms with Crippen LogP contribution in [0.3, 0.4) is 0 Å². The van der Waals surface area contributed by atoms with E-state index < -0.39 is 18.1 Å². The Hall–Kier alpha value is -1.99. The van der Waals surface area contributed by atoms with Gasteiger partial charge in [0, 0.05) is 19.5 Å². The van der Waals surface area contributed by atoms with Crippen LogP contribution < -0.4 is 22.9 Å². The fourth-order valence-corrected chi connectivity index (χ4v) is 2.36. The molecule has 8 heteroatoms. The van der Waals surface area contributed by atoms with Crippen molar-refractivity contribution < 1.29 is 42.3 Å². The van der Waals surface area contributed by atoms with Crippen molar-refractivity contribution >= 4 is 12.1 Å². The molecule has 0 saturated carbocycles. The number of halogens is 1. The van der Waals surface area contributed by atoms with Gasteiger partial charge in [0.15, 0.2) is 17.5 Å². The Labute approximate surface area is 140 Å². The summed E-state index contributed by atoms with van der Waals surface area (Å²) < 4.78 is 9.87. The zero-order valence-electron chi connectivity index (χ0n) is 13.0. The van der Waals surface area contributed by atoms with Gasteiger partial charge in [-0.05, 0) is 30.5 Å². The van der Waals surface area contributed by atoms with Crippen LogP contribution in [-0.4, -0.2) is 48.3 Å². The van der Waals surface area contributed by atoms with Gasteiger partial charge in [0.1, 0.15) is 0 Å². The summed E-state index contributed by atoms with van der Waals surface area (Å²) in [5, 5.41) is 9.81. The van der Waals surface area contributed by atoms with E-state index in [0.29, 0.717) is 19.5 Å². The lowest BCUT2D eigenvalue weighted by Crippen LogP contribution is -3.00. The van der Waals surface area contributed by atoms with Gasteiger partial charge in [-0.15, -0.1) is 0 Å². The summed E-state index contributed by atoms with van der Waals surface area (Å²) >= 11 is 0. The Kier molecular flexibility index (Phi) is 7.12. The summed E-state index contributed by atoms with van der Waals surface area (Å²) in [6, 6.07) is 4.08. The average Bonchev–Trinajstić information content (AvgIpc) is 3.04. The van der Waals surface area contributed by atoms with Crippen LogP contribution in [-0.2, 0) is 16.0 Å². The number of ether oxygens (including phenoxy) is 2. The molecule has 1 heterocycles. The van der Waals surface area contributed by atoms with Gasteiger partial charge in [0.25, 0.3) is 0 Å². The average molecular weight is 345 g/mol. The second kappa shape index (κ2) is 8.59. The maximum Gasteiger partial charge on any atom is 0.415 e. The molecule has 2 rings (SSSR count). The Morgan fingerprint density at radius 1 is 1.35 bits per heavy atom. The highest BCUT2D eigenvalue weighted by atomic mass is 35.5. The summed E-state index contributed by atoms with van der Waals surface area (Å²) in [5.41, 5.74) is 4.46. The van der Waals surface area contributed by atoms with Gasteiger partial charge in [0.2, 0.25) is 0 Å². The molecule has 1 saturated heterocycles. The van der Waals surface area contributed by atoms with Crippen molar-refractivity contribution in [2.45, 2.75) is 25.3 Å². The molecule has 1 aliphatic heterocycles. The standard InChI is InChI=1S/C15H20N2O5.ClH/c1-21-14(19)11(16)8-10-4-5-12(18)13(9-10)22-15(20)17-6-2-3-7-17;/h4-5,9,11,18H,2-3,6-8,16H2,1H3;1H/t11-;/m0./s1. The molecule has 0 aliphatic carbocycles. The van der Waals surface area contributed by atoms with Gasteiger partial charge in [-0.25, -0.2) is 9.59 Å². The minimum Gasteiger partial charge on any atom is -1.00 e. The van der Waals surface area contributed by atoms with Crippen LogP contribution in [0.2, 0.25) is 0 Å². The molecule has 1 aromatic rings. The van der Waals surface area contributed by atoms with Crippen LogP contribution in [0, 0.1) is 0 Å². The van der Waals surface area contributed by atoms with Crippen molar-refractivity contribution in [1.29, 1.82) is 0 Å². The molecule has 0 spiro atoms. The normalized spacial score (nSPS) is 14.8. The van der Waals surface area contributed by atoms with E-state index in [-0.39, 0.29) is 23.9 Å². The lowest BCUT2D eigenvalue weighted by Gasteiger charge is -2.16. The molecule has 1 atom stereocenters. The van der Waals surface area contributed by atoms with E-state index in [1.165, 1.54) is 13.2 Å². The van der Waals surface area contributed by atoms with Crippen LogP contribution in [0.15, 0.2) is 18.2 Å². The highest BCUT2D eigenvalue weighted by Gasteiger charge is 2.22. The smallest absolute Gasteiger partial charge is 0.415 e. The van der Waals surface area contributed by atoms with E-state index in [1.54, 1.807) is 17.0 Å². The first-order chi connectivity index (χ1) is 10.5. The number of carbonyl (C=O) groups excluding carboxylic acids is 2. The molecule has 4 N–H and O–H groups in total. The third kappa shape index (κ3) is 5.01. The van der Waals surface area contributed by atoms with E-state index in [2.05, 4.69) is 10.5 Å². The number of aromatic hydroxyl groups is 1. The Bertz CT molecular complexity index is 561. The number of phenolic OH excluding ortho intramolecular Hbond substituents is 1. The van der Waals surface area contributed by atoms with Gasteiger partial charge >= 0.3 is 12.1 Å². The first-order valence-electron chi connectivity index (χ1n) is 7.21. The molecular weight excluding hydrogens is 324 g/mol. The van der Waals surface area contributed by atoms with Crippen LogP contribution in [0.5, 0.6) is 11.5 Å². The maximum atomic E-state index is 12.0. The van der Waals surface area contributed by atoms with Crippen LogP contribution in [0.25, 0.3) is 0 Å². The molecule has 128 valence electrons. The Morgan fingerprint density at radius 2 is 2.00 bits per heavy atom. The van der Waals surface area contributed by atoms with Crippen molar-refractivity contribution in [3.05, 3.63) is 23.8 Å². The predicted molar refractivity (Wildman–Crippen MR) is 77.3 cm³/mol. The quantitative estimate of drug-likeness (QED) is 0.579. The third-order valence-electron chi connectivity index (χ3n) is 3.60. The number of phenols is 1. The number of carbonyl (C=O) groups is 2. The monoisotopic (exact) mass is 344 g/mol. The fourth-order valence-electron chi connectivity index (χ4n) is 2.36. The van der Waals surface area contributed by atoms with Gasteiger partial charge in [-0.2, -0.15) is 0 Å². The molecule has 0 aromatic heterocycles. The number of hydrogen-bond donors (Lipinski definition) is 2. The number of rotatable bonds is 4. The van der Waals surface area contributed by atoms with Crippen molar-refractivity contribution in [2.75, 3.05) is 20.2 Å². The molecule has 23 heavy (non-hydrogen) atoms. The van der Waals surface area contributed by atoms with Crippen molar-refractivity contribution in [2.24, 2.45) is 0 Å². The lowest BCUT2D eigenvalue weighted by atomic mass is 10.1. The summed E-state index contributed by atoms with van der Waals surface area (Å²) in [6.45, 7) is 1.34. The second-order valence-electron chi connectivity index (χ2n) is 5.29. The summed E-state index contributed by atoms with van der Waals surface area (Å²) in [5.74, 6) is -0.440. The molecule has 1 aromatic carbocycles. The highest BCUT2D eigenvalue weighted by Crippen LogP contribution is 2.28. The summed E-state index contributed by atoms with van der Waals surface area (Å²) in [6.07, 6.45) is 1.79. The molecule has 0 bridgehead atoms. The van der Waals surface area contributed by atoms with Gasteiger partial charge < -0.3 is 37.6 Å². The number of amides is 1. The summed E-state index contributed by atoms with van der Waals surface area (Å²) in [4.78, 5) is 25.0. The molecule has 7 nitrogen and oxygen atoms in total. The topological polar surface area (TPSA) is 104 Å². The van der Waals surface area contributed by atoms with Gasteiger partial charge in [-0.3, -0.25) is 0 Å². The fraction of sp³-hybridized carbons (Fsp3) is 0.467.